The number of amides is 1. The Balaban J connectivity index is 2.37. The Hall–Kier alpha value is -2.28. The van der Waals surface area contributed by atoms with Crippen molar-refractivity contribution in [3.05, 3.63) is 41.1 Å². The van der Waals surface area contributed by atoms with Gasteiger partial charge in [0.2, 0.25) is 5.91 Å². The second kappa shape index (κ2) is 3.95. The third-order valence-electron chi connectivity index (χ3n) is 2.88. The summed E-state index contributed by atoms with van der Waals surface area (Å²) in [5.41, 5.74) is 7.19. The Bertz CT molecular complexity index is 538. The molecule has 0 saturated carbocycles. The Morgan fingerprint density at radius 3 is 2.71 bits per heavy atom. The van der Waals surface area contributed by atoms with Gasteiger partial charge in [0.1, 0.15) is 0 Å². The zero-order valence-electron chi connectivity index (χ0n) is 9.74. The van der Waals surface area contributed by atoms with Gasteiger partial charge in [0, 0.05) is 5.70 Å². The summed E-state index contributed by atoms with van der Waals surface area (Å²) in [6.45, 7) is 3.70. The highest BCUT2D eigenvalue weighted by Gasteiger charge is 2.37. The summed E-state index contributed by atoms with van der Waals surface area (Å²) in [6, 6.07) is 9.34. The molecule has 17 heavy (non-hydrogen) atoms. The van der Waals surface area contributed by atoms with Crippen molar-refractivity contribution in [1.29, 1.82) is 5.26 Å². The van der Waals surface area contributed by atoms with Gasteiger partial charge in [-0.2, -0.15) is 5.26 Å². The number of nitriles is 1. The first kappa shape index (κ1) is 11.2. The third-order valence-corrected chi connectivity index (χ3v) is 2.88. The fraction of sp³-hybridized carbons (Fsp3) is 0.231. The Kier molecular flexibility index (Phi) is 2.60. The maximum Gasteiger partial charge on any atom is 0.249 e. The summed E-state index contributed by atoms with van der Waals surface area (Å²) in [6.07, 6.45) is 1.87. The van der Waals surface area contributed by atoms with Gasteiger partial charge < -0.3 is 5.43 Å². The van der Waals surface area contributed by atoms with E-state index in [0.29, 0.717) is 5.56 Å². The van der Waals surface area contributed by atoms with Gasteiger partial charge >= 0.3 is 0 Å². The number of nitrogens with one attached hydrogen (secondary N) is 2. The quantitative estimate of drug-likeness (QED) is 0.765. The Morgan fingerprint density at radius 1 is 1.35 bits per heavy atom. The van der Waals surface area contributed by atoms with Gasteiger partial charge in [-0.1, -0.05) is 12.1 Å². The zero-order valence-corrected chi connectivity index (χ0v) is 9.74. The van der Waals surface area contributed by atoms with E-state index in [-0.39, 0.29) is 5.91 Å². The third kappa shape index (κ3) is 2.00. The average molecular weight is 227 g/mol. The number of rotatable bonds is 1. The van der Waals surface area contributed by atoms with Crippen molar-refractivity contribution in [3.8, 4) is 6.07 Å². The van der Waals surface area contributed by atoms with Crippen molar-refractivity contribution in [2.75, 3.05) is 0 Å². The highest BCUT2D eigenvalue weighted by molar-refractivity contribution is 5.89. The first-order valence-corrected chi connectivity index (χ1v) is 5.33. The molecule has 86 valence electrons. The Morgan fingerprint density at radius 2 is 2.12 bits per heavy atom. The van der Waals surface area contributed by atoms with Crippen LogP contribution < -0.4 is 10.9 Å². The highest BCUT2D eigenvalue weighted by Crippen LogP contribution is 2.29. The van der Waals surface area contributed by atoms with Crippen molar-refractivity contribution in [2.24, 2.45) is 5.41 Å². The molecule has 4 heteroatoms. The normalized spacial score (nSPS) is 19.6. The van der Waals surface area contributed by atoms with Gasteiger partial charge in [0.15, 0.2) is 0 Å². The summed E-state index contributed by atoms with van der Waals surface area (Å²) in [4.78, 5) is 11.6. The zero-order chi connectivity index (χ0) is 12.5. The molecule has 1 aliphatic heterocycles. The van der Waals surface area contributed by atoms with Crippen LogP contribution >= 0.6 is 0 Å². The summed E-state index contributed by atoms with van der Waals surface area (Å²) in [5.74, 6) is -0.0554. The van der Waals surface area contributed by atoms with E-state index in [1.165, 1.54) is 0 Å². The van der Waals surface area contributed by atoms with Gasteiger partial charge in [0.05, 0.1) is 17.0 Å². The minimum absolute atomic E-state index is 0.0554. The van der Waals surface area contributed by atoms with E-state index < -0.39 is 5.41 Å². The molecular formula is C13H13N3O. The van der Waals surface area contributed by atoms with E-state index in [1.54, 1.807) is 12.1 Å². The van der Waals surface area contributed by atoms with E-state index >= 15 is 0 Å². The molecule has 1 fully saturated rings. The van der Waals surface area contributed by atoms with Crippen LogP contribution in [0.25, 0.3) is 6.08 Å². The predicted molar refractivity (Wildman–Crippen MR) is 64.2 cm³/mol. The minimum Gasteiger partial charge on any atom is -0.302 e. The van der Waals surface area contributed by atoms with Crippen LogP contribution in [0.5, 0.6) is 0 Å². The van der Waals surface area contributed by atoms with Gasteiger partial charge in [0.25, 0.3) is 0 Å². The molecular weight excluding hydrogens is 214 g/mol. The molecule has 1 aromatic rings. The van der Waals surface area contributed by atoms with E-state index in [1.807, 2.05) is 32.1 Å². The van der Waals surface area contributed by atoms with E-state index in [2.05, 4.69) is 16.9 Å². The van der Waals surface area contributed by atoms with Gasteiger partial charge in [-0.3, -0.25) is 10.2 Å². The lowest BCUT2D eigenvalue weighted by Crippen LogP contribution is -2.28. The fourth-order valence-electron chi connectivity index (χ4n) is 1.64. The van der Waals surface area contributed by atoms with Crippen molar-refractivity contribution in [2.45, 2.75) is 13.8 Å². The summed E-state index contributed by atoms with van der Waals surface area (Å²) < 4.78 is 0. The number of carbonyl (C=O) groups is 1. The topological polar surface area (TPSA) is 64.9 Å². The van der Waals surface area contributed by atoms with Crippen LogP contribution in [0, 0.1) is 16.7 Å². The molecule has 1 aromatic carbocycles. The van der Waals surface area contributed by atoms with Gasteiger partial charge in [-0.25, -0.2) is 0 Å². The summed E-state index contributed by atoms with van der Waals surface area (Å²) >= 11 is 0. The smallest absolute Gasteiger partial charge is 0.249 e. The average Bonchev–Trinajstić information content (AvgIpc) is 2.56. The van der Waals surface area contributed by atoms with Crippen LogP contribution in [0.15, 0.2) is 30.0 Å². The van der Waals surface area contributed by atoms with Crippen LogP contribution in [-0.4, -0.2) is 5.91 Å². The lowest BCUT2D eigenvalue weighted by atomic mass is 9.89. The lowest BCUT2D eigenvalue weighted by molar-refractivity contribution is -0.125. The maximum absolute atomic E-state index is 11.6. The van der Waals surface area contributed by atoms with Gasteiger partial charge in [-0.15, -0.1) is 0 Å². The summed E-state index contributed by atoms with van der Waals surface area (Å²) in [7, 11) is 0. The predicted octanol–water partition coefficient (Wildman–Crippen LogP) is 1.56. The molecule has 0 aliphatic carbocycles. The van der Waals surface area contributed by atoms with E-state index in [0.717, 1.165) is 11.3 Å². The largest absolute Gasteiger partial charge is 0.302 e. The van der Waals surface area contributed by atoms with Crippen LogP contribution in [0.4, 0.5) is 0 Å². The summed E-state index contributed by atoms with van der Waals surface area (Å²) in [5, 5.41) is 8.81. The molecule has 0 aromatic heterocycles. The molecule has 1 aliphatic rings. The standard InChI is InChI=1S/C13H13N3O/c1-13(2)11(15-16-12(13)17)7-9-4-3-5-10(6-9)8-14/h3-7,15H,1-2H3,(H,16,17)/b11-7-. The Labute approximate surface area is 99.9 Å². The number of carbonyl (C=O) groups excluding carboxylic acids is 1. The molecule has 0 bridgehead atoms. The monoisotopic (exact) mass is 227 g/mol. The molecule has 0 unspecified atom stereocenters. The van der Waals surface area contributed by atoms with Crippen LogP contribution in [0.1, 0.15) is 25.0 Å². The number of nitrogens with zero attached hydrogens (tertiary/aromatic N) is 1. The maximum atomic E-state index is 11.6. The molecule has 1 amide bonds. The lowest BCUT2D eigenvalue weighted by Gasteiger charge is -2.14. The van der Waals surface area contributed by atoms with Crippen molar-refractivity contribution >= 4 is 12.0 Å². The van der Waals surface area contributed by atoms with E-state index in [9.17, 15) is 4.79 Å². The minimum atomic E-state index is -0.567. The second-order valence-corrected chi connectivity index (χ2v) is 4.50. The number of benzene rings is 1. The number of hydrogen-bond donors (Lipinski definition) is 2. The molecule has 2 N–H and O–H groups in total. The van der Waals surface area contributed by atoms with Crippen molar-refractivity contribution < 1.29 is 4.79 Å². The number of hydrazine groups is 1. The molecule has 0 atom stereocenters. The molecule has 0 spiro atoms. The molecule has 0 radical (unpaired) electrons. The molecule has 2 rings (SSSR count). The molecule has 1 heterocycles. The second-order valence-electron chi connectivity index (χ2n) is 4.50. The van der Waals surface area contributed by atoms with Gasteiger partial charge in [-0.05, 0) is 37.6 Å². The first-order chi connectivity index (χ1) is 8.04. The first-order valence-electron chi connectivity index (χ1n) is 5.33. The SMILES string of the molecule is CC1(C)C(=O)NN/C1=C\c1cccc(C#N)c1. The van der Waals surface area contributed by atoms with E-state index in [4.69, 9.17) is 5.26 Å². The molecule has 4 nitrogen and oxygen atoms in total. The van der Waals surface area contributed by atoms with Crippen molar-refractivity contribution in [3.63, 3.8) is 0 Å². The highest BCUT2D eigenvalue weighted by atomic mass is 16.2. The van der Waals surface area contributed by atoms with Crippen LogP contribution in [0.2, 0.25) is 0 Å². The van der Waals surface area contributed by atoms with Crippen molar-refractivity contribution in [1.82, 2.24) is 10.9 Å². The number of hydrogen-bond acceptors (Lipinski definition) is 3. The molecule has 1 saturated heterocycles. The fourth-order valence-corrected chi connectivity index (χ4v) is 1.64. The van der Waals surface area contributed by atoms with Crippen LogP contribution in [-0.2, 0) is 4.79 Å². The van der Waals surface area contributed by atoms with Crippen LogP contribution in [0.3, 0.4) is 0 Å².